The molecule has 52 valence electrons. The van der Waals surface area contributed by atoms with Gasteiger partial charge in [-0.15, -0.1) is 0 Å². The first-order valence-electron chi connectivity index (χ1n) is 2.80. The van der Waals surface area contributed by atoms with Gasteiger partial charge in [-0.3, -0.25) is 10.2 Å². The highest BCUT2D eigenvalue weighted by molar-refractivity contribution is 6.47. The third-order valence-corrected chi connectivity index (χ3v) is 1.19. The maximum atomic E-state index is 10.6. The monoisotopic (exact) mass is 137 g/mol. The quantitative estimate of drug-likeness (QED) is 0.540. The summed E-state index contributed by atoms with van der Waals surface area (Å²) in [6.45, 7) is 0. The summed E-state index contributed by atoms with van der Waals surface area (Å²) in [5, 5.41) is 7.07. The lowest BCUT2D eigenvalue weighted by Crippen LogP contribution is -2.11. The second-order valence-electron chi connectivity index (χ2n) is 1.86. The van der Waals surface area contributed by atoms with Crippen LogP contribution < -0.4 is 0 Å². The first-order valence-corrected chi connectivity index (χ1v) is 2.80. The molecule has 0 heterocycles. The second-order valence-corrected chi connectivity index (χ2v) is 1.86. The predicted octanol–water partition coefficient (Wildman–Crippen LogP) is 0.675. The molecule has 10 heavy (non-hydrogen) atoms. The average Bonchev–Trinajstić information content (AvgIpc) is 1.95. The third kappa shape index (κ3) is 1.13. The van der Waals surface area contributed by atoms with Crippen LogP contribution in [0.4, 0.5) is 0 Å². The van der Waals surface area contributed by atoms with Crippen molar-refractivity contribution >= 4 is 11.5 Å². The molecule has 0 aromatic rings. The SMILES string of the molecule is COC1=CC(=N)C(=O)C=C1. The number of allylic oxidation sites excluding steroid dienone is 3. The van der Waals surface area contributed by atoms with Crippen molar-refractivity contribution in [1.82, 2.24) is 0 Å². The van der Waals surface area contributed by atoms with E-state index in [1.54, 1.807) is 6.08 Å². The van der Waals surface area contributed by atoms with Crippen molar-refractivity contribution in [2.45, 2.75) is 0 Å². The Morgan fingerprint density at radius 3 is 2.70 bits per heavy atom. The first kappa shape index (κ1) is 6.74. The Kier molecular flexibility index (Phi) is 1.67. The Morgan fingerprint density at radius 2 is 2.20 bits per heavy atom. The average molecular weight is 137 g/mol. The summed E-state index contributed by atoms with van der Waals surface area (Å²) in [6.07, 6.45) is 4.25. The molecule has 0 fully saturated rings. The van der Waals surface area contributed by atoms with E-state index < -0.39 is 0 Å². The molecule has 3 heteroatoms. The van der Waals surface area contributed by atoms with Crippen LogP contribution in [-0.2, 0) is 9.53 Å². The molecular weight excluding hydrogens is 130 g/mol. The predicted molar refractivity (Wildman–Crippen MR) is 37.0 cm³/mol. The Bertz CT molecular complexity index is 238. The van der Waals surface area contributed by atoms with Crippen LogP contribution in [0.25, 0.3) is 0 Å². The number of nitrogens with one attached hydrogen (secondary N) is 1. The molecule has 0 unspecified atom stereocenters. The zero-order valence-corrected chi connectivity index (χ0v) is 5.55. The fourth-order valence-electron chi connectivity index (χ4n) is 0.636. The fraction of sp³-hybridized carbons (Fsp3) is 0.143. The zero-order valence-electron chi connectivity index (χ0n) is 5.55. The van der Waals surface area contributed by atoms with Crippen LogP contribution in [0.3, 0.4) is 0 Å². The maximum absolute atomic E-state index is 10.6. The third-order valence-electron chi connectivity index (χ3n) is 1.19. The molecule has 1 aliphatic carbocycles. The molecule has 1 N–H and O–H groups in total. The summed E-state index contributed by atoms with van der Waals surface area (Å²) in [5.74, 6) is 0.269. The molecule has 3 nitrogen and oxygen atoms in total. The molecule has 0 spiro atoms. The summed E-state index contributed by atoms with van der Waals surface area (Å²) >= 11 is 0. The summed E-state index contributed by atoms with van der Waals surface area (Å²) in [6, 6.07) is 0. The molecule has 0 amide bonds. The van der Waals surface area contributed by atoms with Crippen molar-refractivity contribution in [2.24, 2.45) is 0 Å². The number of hydrogen-bond acceptors (Lipinski definition) is 3. The summed E-state index contributed by atoms with van der Waals surface area (Å²) in [4.78, 5) is 10.6. The first-order chi connectivity index (χ1) is 4.74. The van der Waals surface area contributed by atoms with Crippen LogP contribution in [0.1, 0.15) is 0 Å². The van der Waals surface area contributed by atoms with Gasteiger partial charge < -0.3 is 4.74 Å². The number of methoxy groups -OCH3 is 1. The zero-order chi connectivity index (χ0) is 7.56. The van der Waals surface area contributed by atoms with Gasteiger partial charge in [0.1, 0.15) is 11.5 Å². The Morgan fingerprint density at radius 1 is 1.50 bits per heavy atom. The standard InChI is InChI=1S/C7H7NO2/c1-10-5-2-3-7(9)6(8)4-5/h2-4,8H,1H3. The van der Waals surface area contributed by atoms with E-state index in [4.69, 9.17) is 10.1 Å². The van der Waals surface area contributed by atoms with Gasteiger partial charge in [-0.1, -0.05) is 0 Å². The smallest absolute Gasteiger partial charge is 0.203 e. The van der Waals surface area contributed by atoms with E-state index in [1.807, 2.05) is 0 Å². The summed E-state index contributed by atoms with van der Waals surface area (Å²) in [7, 11) is 1.50. The maximum Gasteiger partial charge on any atom is 0.203 e. The molecule has 1 aliphatic rings. The highest BCUT2D eigenvalue weighted by Crippen LogP contribution is 2.04. The lowest BCUT2D eigenvalue weighted by molar-refractivity contribution is -0.108. The number of ketones is 1. The van der Waals surface area contributed by atoms with E-state index >= 15 is 0 Å². The van der Waals surface area contributed by atoms with Crippen LogP contribution in [0.15, 0.2) is 24.0 Å². The number of hydrogen-bond donors (Lipinski definition) is 1. The van der Waals surface area contributed by atoms with Crippen LogP contribution in [0.5, 0.6) is 0 Å². The topological polar surface area (TPSA) is 50.1 Å². The summed E-state index contributed by atoms with van der Waals surface area (Å²) < 4.78 is 4.79. The highest BCUT2D eigenvalue weighted by atomic mass is 16.5. The number of ether oxygens (including phenoxy) is 1. The van der Waals surface area contributed by atoms with Crippen LogP contribution in [0.2, 0.25) is 0 Å². The van der Waals surface area contributed by atoms with Crippen molar-refractivity contribution in [3.8, 4) is 0 Å². The van der Waals surface area contributed by atoms with Crippen LogP contribution in [-0.4, -0.2) is 18.6 Å². The van der Waals surface area contributed by atoms with Gasteiger partial charge in [-0.2, -0.15) is 0 Å². The van der Waals surface area contributed by atoms with Crippen LogP contribution in [0, 0.1) is 5.41 Å². The molecule has 0 radical (unpaired) electrons. The van der Waals surface area contributed by atoms with E-state index in [-0.39, 0.29) is 11.5 Å². The normalized spacial score (nSPS) is 17.1. The van der Waals surface area contributed by atoms with Crippen molar-refractivity contribution < 1.29 is 9.53 Å². The van der Waals surface area contributed by atoms with Crippen molar-refractivity contribution in [1.29, 1.82) is 5.41 Å². The minimum absolute atomic E-state index is 0.0284. The van der Waals surface area contributed by atoms with Gasteiger partial charge in [0.25, 0.3) is 0 Å². The summed E-state index contributed by atoms with van der Waals surface area (Å²) in [5.41, 5.74) is -0.0284. The lowest BCUT2D eigenvalue weighted by Gasteiger charge is -2.03. The number of carbonyl (C=O) groups is 1. The molecular formula is C7H7NO2. The van der Waals surface area contributed by atoms with Gasteiger partial charge in [0.2, 0.25) is 5.78 Å². The molecule has 0 aliphatic heterocycles. The van der Waals surface area contributed by atoms with E-state index in [9.17, 15) is 4.79 Å². The van der Waals surface area contributed by atoms with Gasteiger partial charge in [0, 0.05) is 6.08 Å². The fourth-order valence-corrected chi connectivity index (χ4v) is 0.636. The highest BCUT2D eigenvalue weighted by Gasteiger charge is 2.08. The minimum atomic E-state index is -0.277. The molecule has 0 bridgehead atoms. The van der Waals surface area contributed by atoms with E-state index in [0.717, 1.165) is 0 Å². The van der Waals surface area contributed by atoms with E-state index in [1.165, 1.54) is 19.3 Å². The molecule has 0 aromatic carbocycles. The molecule has 0 aromatic heterocycles. The van der Waals surface area contributed by atoms with Crippen LogP contribution >= 0.6 is 0 Å². The van der Waals surface area contributed by atoms with E-state index in [0.29, 0.717) is 5.76 Å². The number of rotatable bonds is 1. The molecule has 0 saturated carbocycles. The van der Waals surface area contributed by atoms with Gasteiger partial charge >= 0.3 is 0 Å². The Labute approximate surface area is 58.5 Å². The number of carbonyl (C=O) groups excluding carboxylic acids is 1. The van der Waals surface area contributed by atoms with Crippen molar-refractivity contribution in [3.63, 3.8) is 0 Å². The Balaban J connectivity index is 2.86. The van der Waals surface area contributed by atoms with E-state index in [2.05, 4.69) is 0 Å². The largest absolute Gasteiger partial charge is 0.497 e. The molecule has 1 rings (SSSR count). The van der Waals surface area contributed by atoms with Crippen molar-refractivity contribution in [3.05, 3.63) is 24.0 Å². The minimum Gasteiger partial charge on any atom is -0.497 e. The van der Waals surface area contributed by atoms with Gasteiger partial charge in [-0.05, 0) is 12.2 Å². The second kappa shape index (κ2) is 2.47. The lowest BCUT2D eigenvalue weighted by atomic mass is 10.1. The van der Waals surface area contributed by atoms with Gasteiger partial charge in [0.15, 0.2) is 0 Å². The van der Waals surface area contributed by atoms with Gasteiger partial charge in [-0.25, -0.2) is 0 Å². The van der Waals surface area contributed by atoms with Gasteiger partial charge in [0.05, 0.1) is 7.11 Å². The molecule has 0 atom stereocenters. The molecule has 0 saturated heterocycles. The Hall–Kier alpha value is -1.38. The van der Waals surface area contributed by atoms with Crippen molar-refractivity contribution in [2.75, 3.05) is 7.11 Å².